The van der Waals surface area contributed by atoms with Gasteiger partial charge in [0.15, 0.2) is 0 Å². The Balaban J connectivity index is 1.89. The Morgan fingerprint density at radius 2 is 1.97 bits per heavy atom. The van der Waals surface area contributed by atoms with E-state index in [1.54, 1.807) is 31.0 Å². The lowest BCUT2D eigenvalue weighted by atomic mass is 9.74. The second-order valence-corrected chi connectivity index (χ2v) is 10.9. The van der Waals surface area contributed by atoms with Crippen LogP contribution < -0.4 is 9.46 Å². The number of rotatable bonds is 9. The fourth-order valence-electron chi connectivity index (χ4n) is 4.12. The van der Waals surface area contributed by atoms with E-state index in [9.17, 15) is 13.5 Å². The van der Waals surface area contributed by atoms with Gasteiger partial charge in [-0.15, -0.1) is 0 Å². The molecule has 0 fully saturated rings. The van der Waals surface area contributed by atoms with E-state index < -0.39 is 10.0 Å². The second kappa shape index (κ2) is 10.2. The van der Waals surface area contributed by atoms with Gasteiger partial charge < -0.3 is 9.84 Å². The third kappa shape index (κ3) is 5.38. The molecule has 2 aromatic carbocycles. The van der Waals surface area contributed by atoms with Crippen molar-refractivity contribution in [3.63, 3.8) is 0 Å². The summed E-state index contributed by atoms with van der Waals surface area (Å²) in [5, 5.41) is 10.1. The van der Waals surface area contributed by atoms with E-state index in [1.807, 2.05) is 37.3 Å². The van der Waals surface area contributed by atoms with Crippen LogP contribution in [0.5, 0.6) is 5.75 Å². The normalized spacial score (nSPS) is 19.9. The number of nitrogens with one attached hydrogen (secondary N) is 1. The Bertz CT molecular complexity index is 944. The van der Waals surface area contributed by atoms with Crippen LogP contribution in [0.15, 0.2) is 47.4 Å². The number of fused-ring (bicyclic) bond motifs is 1. The van der Waals surface area contributed by atoms with Crippen LogP contribution in [0.4, 0.5) is 0 Å². The number of ether oxygens (including phenoxy) is 1. The molecule has 164 valence electrons. The number of aliphatic hydroxyl groups excluding tert-OH is 1. The molecule has 1 unspecified atom stereocenters. The van der Waals surface area contributed by atoms with Gasteiger partial charge in [-0.1, -0.05) is 30.7 Å². The Labute approximate surface area is 184 Å². The van der Waals surface area contributed by atoms with Gasteiger partial charge in [0.25, 0.3) is 0 Å². The molecule has 7 heteroatoms. The first-order chi connectivity index (χ1) is 14.4. The smallest absolute Gasteiger partial charge is 0.240 e. The van der Waals surface area contributed by atoms with Crippen LogP contribution in [0.2, 0.25) is 0 Å². The van der Waals surface area contributed by atoms with E-state index in [1.165, 1.54) is 0 Å². The molecule has 2 N–H and O–H groups in total. The number of hydrogen-bond acceptors (Lipinski definition) is 5. The minimum Gasteiger partial charge on any atom is -0.497 e. The van der Waals surface area contributed by atoms with Crippen molar-refractivity contribution >= 4 is 21.8 Å². The van der Waals surface area contributed by atoms with E-state index in [-0.39, 0.29) is 29.4 Å². The highest BCUT2D eigenvalue weighted by Gasteiger charge is 2.34. The van der Waals surface area contributed by atoms with E-state index >= 15 is 0 Å². The molecule has 0 aromatic heterocycles. The maximum absolute atomic E-state index is 13.0. The minimum atomic E-state index is -3.61. The summed E-state index contributed by atoms with van der Waals surface area (Å²) in [6, 6.07) is 12.7. The Hall–Kier alpha value is -1.54. The van der Waals surface area contributed by atoms with E-state index in [0.717, 1.165) is 33.9 Å². The largest absolute Gasteiger partial charge is 0.497 e. The Morgan fingerprint density at radius 1 is 1.23 bits per heavy atom. The maximum Gasteiger partial charge on any atom is 0.240 e. The van der Waals surface area contributed by atoms with Crippen molar-refractivity contribution in [2.75, 3.05) is 25.2 Å². The van der Waals surface area contributed by atoms with Crippen molar-refractivity contribution in [2.24, 2.45) is 5.92 Å². The first kappa shape index (κ1) is 23.1. The van der Waals surface area contributed by atoms with Crippen LogP contribution >= 0.6 is 11.8 Å². The van der Waals surface area contributed by atoms with Gasteiger partial charge in [-0.25, -0.2) is 13.1 Å². The monoisotopic (exact) mass is 449 g/mol. The van der Waals surface area contributed by atoms with Crippen molar-refractivity contribution in [3.8, 4) is 5.75 Å². The van der Waals surface area contributed by atoms with Gasteiger partial charge in [-0.05, 0) is 78.5 Å². The van der Waals surface area contributed by atoms with Gasteiger partial charge in [0, 0.05) is 12.6 Å². The summed E-state index contributed by atoms with van der Waals surface area (Å²) in [5.41, 5.74) is 3.30. The minimum absolute atomic E-state index is 0.0625. The lowest BCUT2D eigenvalue weighted by Gasteiger charge is -2.36. The molecule has 0 aliphatic heterocycles. The molecule has 1 aliphatic rings. The zero-order valence-corrected chi connectivity index (χ0v) is 19.4. The van der Waals surface area contributed by atoms with Crippen LogP contribution in [0, 0.1) is 12.8 Å². The summed E-state index contributed by atoms with van der Waals surface area (Å²) in [6.07, 6.45) is 1.28. The molecule has 1 aliphatic carbocycles. The third-order valence-electron chi connectivity index (χ3n) is 5.75. The molecule has 3 atom stereocenters. The van der Waals surface area contributed by atoms with Crippen molar-refractivity contribution in [2.45, 2.75) is 43.5 Å². The van der Waals surface area contributed by atoms with Crippen molar-refractivity contribution in [3.05, 3.63) is 59.2 Å². The van der Waals surface area contributed by atoms with Gasteiger partial charge in [0.1, 0.15) is 5.75 Å². The molecule has 30 heavy (non-hydrogen) atoms. The van der Waals surface area contributed by atoms with E-state index in [0.29, 0.717) is 12.8 Å². The fraction of sp³-hybridized carbons (Fsp3) is 0.478. The number of aryl methyl sites for hydroxylation is 1. The van der Waals surface area contributed by atoms with Crippen LogP contribution in [0.1, 0.15) is 36.0 Å². The number of aliphatic hydroxyl groups is 1. The second-order valence-electron chi connectivity index (χ2n) is 7.84. The predicted molar refractivity (Wildman–Crippen MR) is 123 cm³/mol. The quantitative estimate of drug-likeness (QED) is 0.610. The van der Waals surface area contributed by atoms with Crippen molar-refractivity contribution < 1.29 is 18.3 Å². The topological polar surface area (TPSA) is 75.6 Å². The van der Waals surface area contributed by atoms with Crippen LogP contribution in [0.25, 0.3) is 0 Å². The van der Waals surface area contributed by atoms with E-state index in [2.05, 4.69) is 11.6 Å². The summed E-state index contributed by atoms with van der Waals surface area (Å²) < 4.78 is 34.3. The molecule has 3 rings (SSSR count). The summed E-state index contributed by atoms with van der Waals surface area (Å²) in [6.45, 7) is 4.12. The summed E-state index contributed by atoms with van der Waals surface area (Å²) in [7, 11) is -1.96. The molecule has 0 amide bonds. The molecule has 0 spiro atoms. The maximum atomic E-state index is 13.0. The molecule has 0 saturated heterocycles. The zero-order valence-electron chi connectivity index (χ0n) is 17.8. The van der Waals surface area contributed by atoms with E-state index in [4.69, 9.17) is 4.74 Å². The average molecular weight is 450 g/mol. The lowest BCUT2D eigenvalue weighted by Crippen LogP contribution is -2.41. The SMILES string of the molecule is CCSCC(CO)[C@@H]1C[C@H](NS(=O)(=O)c2ccc(C)cc2)Cc2ccc(OC)cc21. The molecule has 0 radical (unpaired) electrons. The summed E-state index contributed by atoms with van der Waals surface area (Å²) in [4.78, 5) is 0.283. The zero-order chi connectivity index (χ0) is 21.7. The highest BCUT2D eigenvalue weighted by molar-refractivity contribution is 7.99. The molecule has 0 heterocycles. The van der Waals surface area contributed by atoms with Crippen LogP contribution in [-0.4, -0.2) is 44.8 Å². The first-order valence-electron chi connectivity index (χ1n) is 10.3. The fourth-order valence-corrected chi connectivity index (χ4v) is 6.24. The number of benzene rings is 2. The third-order valence-corrected chi connectivity index (χ3v) is 8.36. The van der Waals surface area contributed by atoms with Gasteiger partial charge in [0.05, 0.1) is 12.0 Å². The Kier molecular flexibility index (Phi) is 7.85. The standard InChI is InChI=1S/C23H31NO4S2/c1-4-29-15-18(14-25)22-12-19(11-17-7-8-20(28-3)13-23(17)22)24-30(26,27)21-9-5-16(2)6-10-21/h5-10,13,18-19,22,24-25H,4,11-12,14-15H2,1-3H3/t18?,19-,22+/m1/s1. The molecule has 0 bridgehead atoms. The first-order valence-corrected chi connectivity index (χ1v) is 13.0. The van der Waals surface area contributed by atoms with Gasteiger partial charge in [-0.3, -0.25) is 0 Å². The molecular formula is C23H31NO4S2. The summed E-state index contributed by atoms with van der Waals surface area (Å²) in [5.74, 6) is 2.74. The van der Waals surface area contributed by atoms with Crippen LogP contribution in [-0.2, 0) is 16.4 Å². The summed E-state index contributed by atoms with van der Waals surface area (Å²) >= 11 is 1.80. The highest BCUT2D eigenvalue weighted by Crippen LogP contribution is 2.40. The molecular weight excluding hydrogens is 418 g/mol. The number of thioether (sulfide) groups is 1. The highest BCUT2D eigenvalue weighted by atomic mass is 32.2. The number of methoxy groups -OCH3 is 1. The average Bonchev–Trinajstić information content (AvgIpc) is 2.74. The van der Waals surface area contributed by atoms with Crippen LogP contribution in [0.3, 0.4) is 0 Å². The molecule has 5 nitrogen and oxygen atoms in total. The lowest BCUT2D eigenvalue weighted by molar-refractivity contribution is 0.206. The molecule has 0 saturated carbocycles. The van der Waals surface area contributed by atoms with Gasteiger partial charge in [0.2, 0.25) is 10.0 Å². The van der Waals surface area contributed by atoms with Crippen molar-refractivity contribution in [1.82, 2.24) is 4.72 Å². The number of sulfonamides is 1. The predicted octanol–water partition coefficient (Wildman–Crippen LogP) is 3.74. The Morgan fingerprint density at radius 3 is 2.60 bits per heavy atom. The van der Waals surface area contributed by atoms with Gasteiger partial charge >= 0.3 is 0 Å². The van der Waals surface area contributed by atoms with Gasteiger partial charge in [-0.2, -0.15) is 11.8 Å². The molecule has 2 aromatic rings. The number of hydrogen-bond donors (Lipinski definition) is 2. The van der Waals surface area contributed by atoms with Crippen molar-refractivity contribution in [1.29, 1.82) is 0 Å².